The first kappa shape index (κ1) is 13.6. The number of aromatic nitrogens is 2. The van der Waals surface area contributed by atoms with Crippen LogP contribution in [0.2, 0.25) is 0 Å². The molecule has 1 aliphatic carbocycles. The van der Waals surface area contributed by atoms with Crippen LogP contribution >= 0.6 is 0 Å². The van der Waals surface area contributed by atoms with Gasteiger partial charge in [-0.2, -0.15) is 5.10 Å². The van der Waals surface area contributed by atoms with Gasteiger partial charge >= 0.3 is 0 Å². The highest BCUT2D eigenvalue weighted by Crippen LogP contribution is 2.30. The highest BCUT2D eigenvalue weighted by molar-refractivity contribution is 5.15. The molecule has 0 saturated heterocycles. The van der Waals surface area contributed by atoms with E-state index in [1.165, 1.54) is 49.9 Å². The van der Waals surface area contributed by atoms with Crippen molar-refractivity contribution in [1.82, 2.24) is 15.1 Å². The van der Waals surface area contributed by atoms with Gasteiger partial charge in [-0.1, -0.05) is 26.2 Å². The van der Waals surface area contributed by atoms with Gasteiger partial charge in [-0.15, -0.1) is 0 Å². The fraction of sp³-hybridized carbons (Fsp3) is 0.800. The molecule has 0 bridgehead atoms. The van der Waals surface area contributed by atoms with Crippen LogP contribution in [0, 0.1) is 18.8 Å². The summed E-state index contributed by atoms with van der Waals surface area (Å²) in [6.07, 6.45) is 9.06. The quantitative estimate of drug-likeness (QED) is 0.869. The number of hydrogen-bond acceptors (Lipinski definition) is 2. The largest absolute Gasteiger partial charge is 0.312 e. The maximum Gasteiger partial charge on any atom is 0.0537 e. The molecule has 0 radical (unpaired) electrons. The van der Waals surface area contributed by atoms with E-state index in [2.05, 4.69) is 24.3 Å². The lowest BCUT2D eigenvalue weighted by Gasteiger charge is -2.27. The van der Waals surface area contributed by atoms with Crippen LogP contribution in [-0.2, 0) is 13.6 Å². The topological polar surface area (TPSA) is 29.9 Å². The molecule has 0 atom stereocenters. The Morgan fingerprint density at radius 3 is 2.50 bits per heavy atom. The summed E-state index contributed by atoms with van der Waals surface area (Å²) in [4.78, 5) is 0. The summed E-state index contributed by atoms with van der Waals surface area (Å²) in [5.41, 5.74) is 2.61. The van der Waals surface area contributed by atoms with Gasteiger partial charge in [0.1, 0.15) is 0 Å². The third-order valence-corrected chi connectivity index (χ3v) is 4.63. The number of aryl methyl sites for hydroxylation is 1. The molecule has 3 nitrogen and oxygen atoms in total. The molecule has 1 heterocycles. The molecule has 102 valence electrons. The van der Waals surface area contributed by atoms with E-state index in [0.717, 1.165) is 18.4 Å². The molecule has 0 unspecified atom stereocenters. The molecule has 1 N–H and O–H groups in total. The minimum Gasteiger partial charge on any atom is -0.312 e. The lowest BCUT2D eigenvalue weighted by molar-refractivity contribution is 0.262. The van der Waals surface area contributed by atoms with Crippen molar-refractivity contribution in [3.8, 4) is 0 Å². The monoisotopic (exact) mass is 249 g/mol. The second kappa shape index (κ2) is 6.37. The van der Waals surface area contributed by atoms with E-state index in [4.69, 9.17) is 0 Å². The lowest BCUT2D eigenvalue weighted by atomic mass is 9.81. The van der Waals surface area contributed by atoms with Crippen LogP contribution < -0.4 is 5.32 Å². The van der Waals surface area contributed by atoms with Gasteiger partial charge in [0.05, 0.1) is 6.20 Å². The summed E-state index contributed by atoms with van der Waals surface area (Å²) in [6.45, 7) is 6.60. The van der Waals surface area contributed by atoms with E-state index in [9.17, 15) is 0 Å². The summed E-state index contributed by atoms with van der Waals surface area (Å²) in [7, 11) is 2.00. The minimum atomic E-state index is 0.893. The Bertz CT molecular complexity index is 362. The molecule has 3 heteroatoms. The normalized spacial score (nSPS) is 24.4. The molecule has 0 amide bonds. The van der Waals surface area contributed by atoms with Crippen LogP contribution in [0.15, 0.2) is 6.20 Å². The van der Waals surface area contributed by atoms with Crippen LogP contribution in [0.25, 0.3) is 0 Å². The predicted octanol–water partition coefficient (Wildman–Crippen LogP) is 3.03. The molecule has 18 heavy (non-hydrogen) atoms. The molecule has 1 aromatic heterocycles. The molecule has 1 aliphatic rings. The van der Waals surface area contributed by atoms with E-state index >= 15 is 0 Å². The first-order valence-electron chi connectivity index (χ1n) is 7.38. The Kier molecular flexibility index (Phi) is 4.81. The molecule has 1 fully saturated rings. The fourth-order valence-corrected chi connectivity index (χ4v) is 2.97. The number of nitrogens with zero attached hydrogens (tertiary/aromatic N) is 2. The van der Waals surface area contributed by atoms with Crippen LogP contribution in [0.3, 0.4) is 0 Å². The van der Waals surface area contributed by atoms with Crippen molar-refractivity contribution in [2.24, 2.45) is 18.9 Å². The van der Waals surface area contributed by atoms with Crippen molar-refractivity contribution in [3.63, 3.8) is 0 Å². The Morgan fingerprint density at radius 2 is 1.94 bits per heavy atom. The fourth-order valence-electron chi connectivity index (χ4n) is 2.97. The van der Waals surface area contributed by atoms with Crippen LogP contribution in [0.1, 0.15) is 50.3 Å². The van der Waals surface area contributed by atoms with Gasteiger partial charge in [-0.25, -0.2) is 0 Å². The first-order valence-corrected chi connectivity index (χ1v) is 7.38. The molecule has 0 aromatic carbocycles. The molecule has 0 spiro atoms. The summed E-state index contributed by atoms with van der Waals surface area (Å²) in [6, 6.07) is 0. The average molecular weight is 249 g/mol. The third kappa shape index (κ3) is 3.35. The van der Waals surface area contributed by atoms with Gasteiger partial charge in [0, 0.05) is 24.8 Å². The summed E-state index contributed by atoms with van der Waals surface area (Å²) >= 11 is 0. The maximum atomic E-state index is 4.28. The van der Waals surface area contributed by atoms with E-state index in [1.807, 2.05) is 17.9 Å². The van der Waals surface area contributed by atoms with Crippen LogP contribution in [0.4, 0.5) is 0 Å². The predicted molar refractivity (Wildman–Crippen MR) is 75.4 cm³/mol. The number of nitrogens with one attached hydrogen (secondary N) is 1. The van der Waals surface area contributed by atoms with Crippen molar-refractivity contribution in [2.45, 2.75) is 52.5 Å². The standard InChI is InChI=1S/C15H27N3/c1-4-13-5-7-14(8-6-13)9-16-10-15-11-17-18(3)12(15)2/h11,13-14,16H,4-10H2,1-3H3. The summed E-state index contributed by atoms with van der Waals surface area (Å²) in [5.74, 6) is 1.89. The van der Waals surface area contributed by atoms with Crippen molar-refractivity contribution < 1.29 is 0 Å². The van der Waals surface area contributed by atoms with Gasteiger partial charge in [0.2, 0.25) is 0 Å². The van der Waals surface area contributed by atoms with E-state index in [1.54, 1.807) is 0 Å². The second-order valence-corrected chi connectivity index (χ2v) is 5.80. The molecular formula is C15H27N3. The maximum absolute atomic E-state index is 4.28. The van der Waals surface area contributed by atoms with E-state index in [0.29, 0.717) is 0 Å². The van der Waals surface area contributed by atoms with E-state index < -0.39 is 0 Å². The number of hydrogen-bond donors (Lipinski definition) is 1. The Labute approximate surface area is 111 Å². The molecule has 1 saturated carbocycles. The molecule has 2 rings (SSSR count). The average Bonchev–Trinajstić information content (AvgIpc) is 2.71. The second-order valence-electron chi connectivity index (χ2n) is 5.80. The van der Waals surface area contributed by atoms with Gasteiger partial charge < -0.3 is 5.32 Å². The zero-order chi connectivity index (χ0) is 13.0. The van der Waals surface area contributed by atoms with Gasteiger partial charge in [0.25, 0.3) is 0 Å². The zero-order valence-electron chi connectivity index (χ0n) is 12.1. The van der Waals surface area contributed by atoms with Gasteiger partial charge in [0.15, 0.2) is 0 Å². The number of rotatable bonds is 5. The minimum absolute atomic E-state index is 0.893. The highest BCUT2D eigenvalue weighted by atomic mass is 15.3. The third-order valence-electron chi connectivity index (χ3n) is 4.63. The SMILES string of the molecule is CCC1CCC(CNCc2cnn(C)c2C)CC1. The van der Waals surface area contributed by atoms with Crippen LogP contribution in [0.5, 0.6) is 0 Å². The smallest absolute Gasteiger partial charge is 0.0537 e. The Morgan fingerprint density at radius 1 is 1.28 bits per heavy atom. The van der Waals surface area contributed by atoms with Crippen molar-refractivity contribution in [1.29, 1.82) is 0 Å². The van der Waals surface area contributed by atoms with Gasteiger partial charge in [-0.3, -0.25) is 4.68 Å². The Balaban J connectivity index is 1.68. The first-order chi connectivity index (χ1) is 8.70. The van der Waals surface area contributed by atoms with Crippen LogP contribution in [-0.4, -0.2) is 16.3 Å². The molecular weight excluding hydrogens is 222 g/mol. The van der Waals surface area contributed by atoms with Crippen molar-refractivity contribution >= 4 is 0 Å². The van der Waals surface area contributed by atoms with Gasteiger partial charge in [-0.05, 0) is 38.1 Å². The molecule has 1 aromatic rings. The van der Waals surface area contributed by atoms with E-state index in [-0.39, 0.29) is 0 Å². The highest BCUT2D eigenvalue weighted by Gasteiger charge is 2.19. The zero-order valence-corrected chi connectivity index (χ0v) is 12.1. The van der Waals surface area contributed by atoms with Crippen molar-refractivity contribution in [3.05, 3.63) is 17.5 Å². The summed E-state index contributed by atoms with van der Waals surface area (Å²) < 4.78 is 1.95. The summed E-state index contributed by atoms with van der Waals surface area (Å²) in [5, 5.41) is 7.88. The molecule has 0 aliphatic heterocycles. The van der Waals surface area contributed by atoms with Crippen molar-refractivity contribution in [2.75, 3.05) is 6.54 Å². The Hall–Kier alpha value is -0.830. The lowest BCUT2D eigenvalue weighted by Crippen LogP contribution is -2.26.